The van der Waals surface area contributed by atoms with Crippen LogP contribution in [0.3, 0.4) is 0 Å². The average Bonchev–Trinajstić information content (AvgIpc) is 3.68. The minimum Gasteiger partial charge on any atom is -0.462 e. The number of carbonyl (C=O) groups is 2. The second kappa shape index (κ2) is 43.4. The normalized spacial score (nSPS) is 16.2. The van der Waals surface area contributed by atoms with Crippen LogP contribution < -0.4 is 0 Å². The highest BCUT2D eigenvalue weighted by Crippen LogP contribution is 2.34. The summed E-state index contributed by atoms with van der Waals surface area (Å²) in [5, 5.41) is 0. The Morgan fingerprint density at radius 3 is 1.17 bits per heavy atom. The molecular weight excluding hydrogens is 785 g/mol. The Kier molecular flexibility index (Phi) is 41.2. The van der Waals surface area contributed by atoms with Crippen molar-refractivity contribution < 1.29 is 28.5 Å². The summed E-state index contributed by atoms with van der Waals surface area (Å²) in [5.74, 6) is 0.796. The molecule has 0 aliphatic carbocycles. The van der Waals surface area contributed by atoms with Crippen LogP contribution in [0.4, 0.5) is 0 Å². The molecule has 0 saturated carbocycles. The maximum absolute atomic E-state index is 13.4. The first kappa shape index (κ1) is 59.8. The third-order valence-electron chi connectivity index (χ3n) is 13.9. The maximum atomic E-state index is 13.4. The van der Waals surface area contributed by atoms with Gasteiger partial charge >= 0.3 is 11.9 Å². The summed E-state index contributed by atoms with van der Waals surface area (Å²) < 4.78 is 24.8. The van der Waals surface area contributed by atoms with E-state index in [4.69, 9.17) is 18.9 Å². The van der Waals surface area contributed by atoms with E-state index in [2.05, 4.69) is 51.3 Å². The summed E-state index contributed by atoms with van der Waals surface area (Å²) in [7, 11) is 1.75. The Morgan fingerprint density at radius 2 is 0.841 bits per heavy atom. The standard InChI is InChI=1S/C55H108N2O6/c1-8-14-18-22-26-30-39-51(40-31-27-23-19-15-9-2)62-53(58)43-34-37-49-47-57(55(60-7)61-46-36-45-56(12-5)13-6)48-50(49)38-35-44-54(59)63-52(41-32-28-24-20-16-10-3)42-33-29-25-21-17-11-4/h49-52,55H,8-48H2,1-7H3. The molecule has 1 rings (SSSR count). The fourth-order valence-corrected chi connectivity index (χ4v) is 9.78. The first-order chi connectivity index (χ1) is 30.8. The van der Waals surface area contributed by atoms with Crippen molar-refractivity contribution in [1.29, 1.82) is 0 Å². The van der Waals surface area contributed by atoms with E-state index >= 15 is 0 Å². The highest BCUT2D eigenvalue weighted by Gasteiger charge is 2.36. The molecule has 63 heavy (non-hydrogen) atoms. The third-order valence-corrected chi connectivity index (χ3v) is 13.9. The molecule has 3 atom stereocenters. The second-order valence-electron chi connectivity index (χ2n) is 19.5. The number of carbonyl (C=O) groups excluding carboxylic acids is 2. The molecule has 0 N–H and O–H groups in total. The number of hydrogen-bond donors (Lipinski definition) is 0. The molecular formula is C55H108N2O6. The molecule has 1 saturated heterocycles. The lowest BCUT2D eigenvalue weighted by Gasteiger charge is -2.27. The van der Waals surface area contributed by atoms with E-state index in [1.54, 1.807) is 7.11 Å². The lowest BCUT2D eigenvalue weighted by atomic mass is 9.87. The number of unbranched alkanes of at least 4 members (excludes halogenated alkanes) is 20. The molecule has 1 heterocycles. The maximum Gasteiger partial charge on any atom is 0.306 e. The molecule has 0 aromatic rings. The zero-order valence-corrected chi connectivity index (χ0v) is 43.2. The van der Waals surface area contributed by atoms with E-state index in [-0.39, 0.29) is 30.6 Å². The average molecular weight is 893 g/mol. The van der Waals surface area contributed by atoms with Crippen molar-refractivity contribution in [3.05, 3.63) is 0 Å². The van der Waals surface area contributed by atoms with Crippen molar-refractivity contribution in [3.8, 4) is 0 Å². The fourth-order valence-electron chi connectivity index (χ4n) is 9.78. The smallest absolute Gasteiger partial charge is 0.306 e. The third kappa shape index (κ3) is 33.0. The minimum atomic E-state index is -0.376. The van der Waals surface area contributed by atoms with Crippen LogP contribution in [-0.2, 0) is 28.5 Å². The Bertz CT molecular complexity index is 914. The number of rotatable bonds is 47. The molecule has 1 aliphatic heterocycles. The zero-order valence-electron chi connectivity index (χ0n) is 43.2. The van der Waals surface area contributed by atoms with Gasteiger partial charge in [0.15, 0.2) is 0 Å². The summed E-state index contributed by atoms with van der Waals surface area (Å²) >= 11 is 0. The predicted octanol–water partition coefficient (Wildman–Crippen LogP) is 15.4. The van der Waals surface area contributed by atoms with Gasteiger partial charge < -0.3 is 23.8 Å². The van der Waals surface area contributed by atoms with Crippen molar-refractivity contribution in [2.24, 2.45) is 11.8 Å². The molecule has 1 aliphatic rings. The highest BCUT2D eigenvalue weighted by molar-refractivity contribution is 5.69. The number of esters is 2. The first-order valence-corrected chi connectivity index (χ1v) is 27.8. The van der Waals surface area contributed by atoms with Crippen molar-refractivity contribution in [2.75, 3.05) is 46.4 Å². The molecule has 8 heteroatoms. The molecule has 0 aromatic heterocycles. The van der Waals surface area contributed by atoms with Gasteiger partial charge in [-0.25, -0.2) is 0 Å². The number of hydrogen-bond acceptors (Lipinski definition) is 8. The van der Waals surface area contributed by atoms with E-state index < -0.39 is 0 Å². The highest BCUT2D eigenvalue weighted by atomic mass is 16.7. The Morgan fingerprint density at radius 1 is 0.492 bits per heavy atom. The molecule has 0 spiro atoms. The fraction of sp³-hybridized carbons (Fsp3) is 0.964. The molecule has 3 unspecified atom stereocenters. The number of nitrogens with zero attached hydrogens (tertiary/aromatic N) is 2. The van der Waals surface area contributed by atoms with Crippen LogP contribution in [-0.4, -0.2) is 86.8 Å². The van der Waals surface area contributed by atoms with E-state index in [1.807, 2.05) is 0 Å². The zero-order chi connectivity index (χ0) is 46.0. The van der Waals surface area contributed by atoms with Gasteiger partial charge in [-0.3, -0.25) is 14.5 Å². The van der Waals surface area contributed by atoms with Gasteiger partial charge in [-0.05, 0) is 108 Å². The summed E-state index contributed by atoms with van der Waals surface area (Å²) in [4.78, 5) is 31.5. The van der Waals surface area contributed by atoms with Gasteiger partial charge in [0.2, 0.25) is 6.41 Å². The van der Waals surface area contributed by atoms with Crippen LogP contribution in [0.2, 0.25) is 0 Å². The van der Waals surface area contributed by atoms with Gasteiger partial charge in [-0.2, -0.15) is 0 Å². The van der Waals surface area contributed by atoms with Crippen molar-refractivity contribution >= 4 is 11.9 Å². The molecule has 0 bridgehead atoms. The molecule has 0 radical (unpaired) electrons. The van der Waals surface area contributed by atoms with Crippen LogP contribution in [0.1, 0.15) is 266 Å². The van der Waals surface area contributed by atoms with Crippen molar-refractivity contribution in [1.82, 2.24) is 9.80 Å². The Hall–Kier alpha value is -1.22. The largest absolute Gasteiger partial charge is 0.462 e. The second-order valence-corrected chi connectivity index (χ2v) is 19.5. The van der Waals surface area contributed by atoms with E-state index in [0.29, 0.717) is 31.3 Å². The summed E-state index contributed by atoms with van der Waals surface area (Å²) in [5.41, 5.74) is 0. The van der Waals surface area contributed by atoms with Crippen LogP contribution in [0, 0.1) is 11.8 Å². The van der Waals surface area contributed by atoms with Crippen molar-refractivity contribution in [2.45, 2.75) is 285 Å². The Balaban J connectivity index is 2.85. The molecule has 8 nitrogen and oxygen atoms in total. The van der Waals surface area contributed by atoms with E-state index in [0.717, 1.165) is 116 Å². The lowest BCUT2D eigenvalue weighted by Crippen LogP contribution is -2.38. The van der Waals surface area contributed by atoms with Gasteiger partial charge in [0, 0.05) is 39.6 Å². The summed E-state index contributed by atoms with van der Waals surface area (Å²) in [6, 6.07) is 0. The topological polar surface area (TPSA) is 77.5 Å². The lowest BCUT2D eigenvalue weighted by molar-refractivity contribution is -0.207. The van der Waals surface area contributed by atoms with Gasteiger partial charge in [0.1, 0.15) is 12.2 Å². The van der Waals surface area contributed by atoms with Gasteiger partial charge in [0.05, 0.1) is 6.61 Å². The van der Waals surface area contributed by atoms with Crippen LogP contribution in [0.15, 0.2) is 0 Å². The Labute approximate surface area is 392 Å². The SMILES string of the molecule is CCCCCCCCC(CCCCCCCC)OC(=O)CCCC1CN(C(OC)OCCCN(CC)CC)CC1CCCC(=O)OC(CCCCCCCC)CCCCCCCC. The summed E-state index contributed by atoms with van der Waals surface area (Å²) in [6.07, 6.45) is 39.6. The van der Waals surface area contributed by atoms with Gasteiger partial charge in [-0.1, -0.05) is 170 Å². The minimum absolute atomic E-state index is 0.0195. The number of likely N-dealkylation sites (tertiary alicyclic amines) is 1. The predicted molar refractivity (Wildman–Crippen MR) is 267 cm³/mol. The molecule has 0 amide bonds. The van der Waals surface area contributed by atoms with Crippen LogP contribution in [0.5, 0.6) is 0 Å². The number of ether oxygens (including phenoxy) is 4. The van der Waals surface area contributed by atoms with Gasteiger partial charge in [0.25, 0.3) is 0 Å². The molecule has 374 valence electrons. The van der Waals surface area contributed by atoms with Crippen molar-refractivity contribution in [3.63, 3.8) is 0 Å². The number of methoxy groups -OCH3 is 1. The molecule has 0 aromatic carbocycles. The molecule has 1 fully saturated rings. The van der Waals surface area contributed by atoms with E-state index in [1.165, 1.54) is 128 Å². The van der Waals surface area contributed by atoms with Gasteiger partial charge in [-0.15, -0.1) is 0 Å². The van der Waals surface area contributed by atoms with Crippen LogP contribution in [0.25, 0.3) is 0 Å². The first-order valence-electron chi connectivity index (χ1n) is 27.8. The van der Waals surface area contributed by atoms with E-state index in [9.17, 15) is 9.59 Å². The quantitative estimate of drug-likeness (QED) is 0.0340. The monoisotopic (exact) mass is 893 g/mol. The van der Waals surface area contributed by atoms with Crippen LogP contribution >= 0.6 is 0 Å². The summed E-state index contributed by atoms with van der Waals surface area (Å²) in [6.45, 7) is 19.1.